The number of hydrogen-bond acceptors (Lipinski definition) is 3. The zero-order valence-corrected chi connectivity index (χ0v) is 7.54. The monoisotopic (exact) mass is 186 g/mol. The zero-order valence-electron chi connectivity index (χ0n) is 6.79. The number of pyridine rings is 1. The van der Waals surface area contributed by atoms with Crippen molar-refractivity contribution in [2.24, 2.45) is 5.73 Å². The molecule has 0 radical (unpaired) electrons. The van der Waals surface area contributed by atoms with Crippen LogP contribution in [0, 0.1) is 0 Å². The number of aromatic nitrogens is 1. The van der Waals surface area contributed by atoms with E-state index in [1.807, 2.05) is 0 Å². The maximum absolute atomic E-state index is 8.93. The van der Waals surface area contributed by atoms with Gasteiger partial charge in [-0.3, -0.25) is 0 Å². The Bertz CT molecular complexity index is 276. The fourth-order valence-electron chi connectivity index (χ4n) is 0.807. The summed E-state index contributed by atoms with van der Waals surface area (Å²) in [5, 5.41) is 9.32. The van der Waals surface area contributed by atoms with Crippen LogP contribution in [0.4, 0.5) is 0 Å². The first-order chi connectivity index (χ1) is 5.56. The Labute approximate surface area is 76.2 Å². The highest BCUT2D eigenvalue weighted by molar-refractivity contribution is 6.29. The molecular weight excluding hydrogens is 176 g/mol. The number of halogens is 1. The normalized spacial score (nSPS) is 15.7. The second kappa shape index (κ2) is 3.39. The molecule has 0 bridgehead atoms. The van der Waals surface area contributed by atoms with Gasteiger partial charge in [0.05, 0.1) is 17.8 Å². The predicted molar refractivity (Wildman–Crippen MR) is 47.9 cm³/mol. The molecule has 0 saturated heterocycles. The van der Waals surface area contributed by atoms with Crippen LogP contribution >= 0.6 is 11.6 Å². The Kier molecular flexibility index (Phi) is 2.67. The molecule has 3 nitrogen and oxygen atoms in total. The van der Waals surface area contributed by atoms with Gasteiger partial charge in [0.1, 0.15) is 5.15 Å². The minimum Gasteiger partial charge on any atom is -0.394 e. The van der Waals surface area contributed by atoms with Crippen molar-refractivity contribution in [2.45, 2.75) is 12.5 Å². The van der Waals surface area contributed by atoms with E-state index in [1.165, 1.54) is 0 Å². The molecule has 1 aromatic rings. The summed E-state index contributed by atoms with van der Waals surface area (Å²) in [5.41, 5.74) is 5.52. The number of nitrogens with zero attached hydrogens (tertiary/aromatic N) is 1. The molecule has 66 valence electrons. The van der Waals surface area contributed by atoms with Gasteiger partial charge in [0.15, 0.2) is 0 Å². The van der Waals surface area contributed by atoms with Crippen LogP contribution in [0.15, 0.2) is 18.2 Å². The molecule has 0 aliphatic rings. The summed E-state index contributed by atoms with van der Waals surface area (Å²) in [6.45, 7) is 1.55. The lowest BCUT2D eigenvalue weighted by molar-refractivity contribution is 0.207. The highest BCUT2D eigenvalue weighted by Gasteiger charge is 2.21. The first-order valence-corrected chi connectivity index (χ1v) is 3.97. The van der Waals surface area contributed by atoms with Gasteiger partial charge in [0, 0.05) is 0 Å². The van der Waals surface area contributed by atoms with Crippen molar-refractivity contribution in [3.63, 3.8) is 0 Å². The van der Waals surface area contributed by atoms with Gasteiger partial charge in [-0.2, -0.15) is 0 Å². The number of hydrogen-bond donors (Lipinski definition) is 2. The standard InChI is InChI=1S/C8H11ClN2O/c1-8(10,5-12)6-3-2-4-7(9)11-6/h2-4,12H,5,10H2,1H3. The molecule has 1 aromatic heterocycles. The molecule has 1 rings (SSSR count). The van der Waals surface area contributed by atoms with Crippen molar-refractivity contribution in [3.05, 3.63) is 29.0 Å². The second-order valence-electron chi connectivity index (χ2n) is 2.92. The van der Waals surface area contributed by atoms with Crippen molar-refractivity contribution >= 4 is 11.6 Å². The lowest BCUT2D eigenvalue weighted by Gasteiger charge is -2.20. The Hall–Kier alpha value is -0.640. The average Bonchev–Trinajstić information content (AvgIpc) is 2.05. The van der Waals surface area contributed by atoms with E-state index in [-0.39, 0.29) is 6.61 Å². The van der Waals surface area contributed by atoms with Crippen LogP contribution in [0.25, 0.3) is 0 Å². The molecule has 1 atom stereocenters. The van der Waals surface area contributed by atoms with E-state index in [2.05, 4.69) is 4.98 Å². The van der Waals surface area contributed by atoms with Crippen LogP contribution in [0.1, 0.15) is 12.6 Å². The maximum Gasteiger partial charge on any atom is 0.129 e. The van der Waals surface area contributed by atoms with Crippen molar-refractivity contribution in [1.29, 1.82) is 0 Å². The molecule has 3 N–H and O–H groups in total. The number of nitrogens with two attached hydrogens (primary N) is 1. The number of aliphatic hydroxyl groups excluding tert-OH is 1. The van der Waals surface area contributed by atoms with Crippen LogP contribution < -0.4 is 5.73 Å². The number of aliphatic hydroxyl groups is 1. The largest absolute Gasteiger partial charge is 0.394 e. The Morgan fingerprint density at radius 1 is 1.67 bits per heavy atom. The lowest BCUT2D eigenvalue weighted by atomic mass is 10.0. The van der Waals surface area contributed by atoms with Gasteiger partial charge in [-0.25, -0.2) is 4.98 Å². The Morgan fingerprint density at radius 2 is 2.33 bits per heavy atom. The van der Waals surface area contributed by atoms with Crippen molar-refractivity contribution in [3.8, 4) is 0 Å². The molecule has 0 aliphatic heterocycles. The van der Waals surface area contributed by atoms with Crippen molar-refractivity contribution < 1.29 is 5.11 Å². The van der Waals surface area contributed by atoms with Crippen LogP contribution in [0.2, 0.25) is 5.15 Å². The van der Waals surface area contributed by atoms with Crippen LogP contribution in [-0.4, -0.2) is 16.7 Å². The summed E-state index contributed by atoms with van der Waals surface area (Å²) in [5.74, 6) is 0. The van der Waals surface area contributed by atoms with E-state index in [0.717, 1.165) is 0 Å². The first kappa shape index (κ1) is 9.45. The van der Waals surface area contributed by atoms with E-state index >= 15 is 0 Å². The summed E-state index contributed by atoms with van der Waals surface area (Å²) in [7, 11) is 0. The van der Waals surface area contributed by atoms with Gasteiger partial charge in [0.25, 0.3) is 0 Å². The fraction of sp³-hybridized carbons (Fsp3) is 0.375. The third-order valence-corrected chi connectivity index (χ3v) is 1.84. The van der Waals surface area contributed by atoms with E-state index in [0.29, 0.717) is 10.8 Å². The third kappa shape index (κ3) is 1.94. The molecule has 0 aromatic carbocycles. The third-order valence-electron chi connectivity index (χ3n) is 1.63. The highest BCUT2D eigenvalue weighted by Crippen LogP contribution is 2.16. The predicted octanol–water partition coefficient (Wildman–Crippen LogP) is 0.901. The summed E-state index contributed by atoms with van der Waals surface area (Å²) >= 11 is 5.66. The smallest absolute Gasteiger partial charge is 0.129 e. The zero-order chi connectivity index (χ0) is 9.19. The highest BCUT2D eigenvalue weighted by atomic mass is 35.5. The Morgan fingerprint density at radius 3 is 2.83 bits per heavy atom. The lowest BCUT2D eigenvalue weighted by Crippen LogP contribution is -2.37. The first-order valence-electron chi connectivity index (χ1n) is 3.59. The van der Waals surface area contributed by atoms with Gasteiger partial charge in [-0.05, 0) is 19.1 Å². The Balaban J connectivity index is 3.03. The molecule has 1 heterocycles. The summed E-state index contributed by atoms with van der Waals surface area (Å²) in [4.78, 5) is 4.00. The fourth-order valence-corrected chi connectivity index (χ4v) is 0.971. The molecule has 1 unspecified atom stereocenters. The van der Waals surface area contributed by atoms with Gasteiger partial charge in [0.2, 0.25) is 0 Å². The minimum absolute atomic E-state index is 0.152. The summed E-state index contributed by atoms with van der Waals surface area (Å²) < 4.78 is 0. The topological polar surface area (TPSA) is 59.1 Å². The average molecular weight is 187 g/mol. The van der Waals surface area contributed by atoms with Crippen LogP contribution in [0.3, 0.4) is 0 Å². The van der Waals surface area contributed by atoms with Gasteiger partial charge in [-0.1, -0.05) is 17.7 Å². The molecule has 12 heavy (non-hydrogen) atoms. The molecule has 0 saturated carbocycles. The molecule has 0 aliphatic carbocycles. The van der Waals surface area contributed by atoms with Gasteiger partial charge in [-0.15, -0.1) is 0 Å². The molecule has 4 heteroatoms. The SMILES string of the molecule is CC(N)(CO)c1cccc(Cl)n1. The van der Waals surface area contributed by atoms with E-state index in [1.54, 1.807) is 25.1 Å². The quantitative estimate of drug-likeness (QED) is 0.675. The molecular formula is C8H11ClN2O. The van der Waals surface area contributed by atoms with E-state index in [4.69, 9.17) is 22.4 Å². The van der Waals surface area contributed by atoms with Crippen LogP contribution in [-0.2, 0) is 5.54 Å². The van der Waals surface area contributed by atoms with Gasteiger partial charge < -0.3 is 10.8 Å². The number of rotatable bonds is 2. The van der Waals surface area contributed by atoms with Crippen molar-refractivity contribution in [1.82, 2.24) is 4.98 Å². The van der Waals surface area contributed by atoms with Gasteiger partial charge >= 0.3 is 0 Å². The van der Waals surface area contributed by atoms with E-state index < -0.39 is 5.54 Å². The summed E-state index contributed by atoms with van der Waals surface area (Å²) in [6, 6.07) is 5.16. The molecule has 0 fully saturated rings. The molecule has 0 amide bonds. The van der Waals surface area contributed by atoms with Crippen LogP contribution in [0.5, 0.6) is 0 Å². The minimum atomic E-state index is -0.815. The van der Waals surface area contributed by atoms with Crippen molar-refractivity contribution in [2.75, 3.05) is 6.61 Å². The van der Waals surface area contributed by atoms with E-state index in [9.17, 15) is 0 Å². The summed E-state index contributed by atoms with van der Waals surface area (Å²) in [6.07, 6.45) is 0. The maximum atomic E-state index is 8.93. The second-order valence-corrected chi connectivity index (χ2v) is 3.31. The molecule has 0 spiro atoms.